The molecule has 0 bridgehead atoms. The molecule has 0 radical (unpaired) electrons. The van der Waals surface area contributed by atoms with Crippen molar-refractivity contribution in [2.45, 2.75) is 24.4 Å². The number of carbonyl (C=O) groups excluding carboxylic acids is 1. The molecule has 0 spiro atoms. The van der Waals surface area contributed by atoms with E-state index >= 15 is 0 Å². The van der Waals surface area contributed by atoms with Crippen molar-refractivity contribution >= 4 is 23.3 Å². The Bertz CT molecular complexity index is 753. The van der Waals surface area contributed by atoms with Gasteiger partial charge in [0.15, 0.2) is 0 Å². The van der Waals surface area contributed by atoms with Crippen LogP contribution >= 0.6 is 11.6 Å². The SMILES string of the molecule is O=C(NCC1(c2ccc(Cl)cc2)CC1)Nc1ccc(C(F)(F)F)cc1. The quantitative estimate of drug-likeness (QED) is 0.764. The van der Waals surface area contributed by atoms with E-state index in [2.05, 4.69) is 10.6 Å². The van der Waals surface area contributed by atoms with E-state index in [1.807, 2.05) is 24.3 Å². The predicted molar refractivity (Wildman–Crippen MR) is 90.8 cm³/mol. The number of rotatable bonds is 4. The number of nitrogens with one attached hydrogen (secondary N) is 2. The van der Waals surface area contributed by atoms with Gasteiger partial charge in [0.1, 0.15) is 0 Å². The molecule has 25 heavy (non-hydrogen) atoms. The molecule has 0 saturated heterocycles. The molecule has 132 valence electrons. The van der Waals surface area contributed by atoms with Crippen molar-refractivity contribution in [3.05, 3.63) is 64.7 Å². The van der Waals surface area contributed by atoms with Crippen molar-refractivity contribution in [2.75, 3.05) is 11.9 Å². The Morgan fingerprint density at radius 1 is 1.04 bits per heavy atom. The maximum absolute atomic E-state index is 12.5. The summed E-state index contributed by atoms with van der Waals surface area (Å²) in [7, 11) is 0. The van der Waals surface area contributed by atoms with Crippen LogP contribution in [-0.4, -0.2) is 12.6 Å². The number of amides is 2. The van der Waals surface area contributed by atoms with Crippen molar-refractivity contribution in [1.29, 1.82) is 0 Å². The van der Waals surface area contributed by atoms with E-state index in [0.717, 1.165) is 30.5 Å². The minimum absolute atomic E-state index is 0.0813. The molecule has 2 aromatic rings. The van der Waals surface area contributed by atoms with Gasteiger partial charge in [-0.1, -0.05) is 23.7 Å². The number of alkyl halides is 3. The minimum atomic E-state index is -4.39. The van der Waals surface area contributed by atoms with E-state index in [-0.39, 0.29) is 5.41 Å². The Morgan fingerprint density at radius 3 is 2.16 bits per heavy atom. The van der Waals surface area contributed by atoms with Crippen LogP contribution in [0.2, 0.25) is 5.02 Å². The van der Waals surface area contributed by atoms with Crippen molar-refractivity contribution in [2.24, 2.45) is 0 Å². The van der Waals surface area contributed by atoms with Gasteiger partial charge in [-0.15, -0.1) is 0 Å². The highest BCUT2D eigenvalue weighted by molar-refractivity contribution is 6.30. The number of carbonyl (C=O) groups is 1. The Labute approximate surface area is 148 Å². The van der Waals surface area contributed by atoms with Gasteiger partial charge in [0, 0.05) is 22.7 Å². The zero-order valence-corrected chi connectivity index (χ0v) is 13.9. The molecule has 1 aliphatic rings. The van der Waals surface area contributed by atoms with Crippen molar-refractivity contribution in [3.8, 4) is 0 Å². The van der Waals surface area contributed by atoms with Crippen LogP contribution in [0.4, 0.5) is 23.7 Å². The van der Waals surface area contributed by atoms with Gasteiger partial charge in [0.05, 0.1) is 5.56 Å². The highest BCUT2D eigenvalue weighted by Gasteiger charge is 2.44. The number of halogens is 4. The van der Waals surface area contributed by atoms with E-state index in [4.69, 9.17) is 11.6 Å². The summed E-state index contributed by atoms with van der Waals surface area (Å²) in [6.45, 7) is 0.459. The van der Waals surface area contributed by atoms with Gasteiger partial charge in [0.2, 0.25) is 0 Å². The topological polar surface area (TPSA) is 41.1 Å². The average molecular weight is 369 g/mol. The molecule has 2 N–H and O–H groups in total. The van der Waals surface area contributed by atoms with Gasteiger partial charge in [-0.05, 0) is 54.8 Å². The summed E-state index contributed by atoms with van der Waals surface area (Å²) in [5.74, 6) is 0. The van der Waals surface area contributed by atoms with Crippen LogP contribution in [0, 0.1) is 0 Å². The molecule has 2 aromatic carbocycles. The van der Waals surface area contributed by atoms with Crippen LogP contribution in [0.25, 0.3) is 0 Å². The molecule has 1 aliphatic carbocycles. The second-order valence-electron chi connectivity index (χ2n) is 6.17. The van der Waals surface area contributed by atoms with Gasteiger partial charge in [-0.3, -0.25) is 0 Å². The summed E-state index contributed by atoms with van der Waals surface area (Å²) in [5, 5.41) is 5.99. The van der Waals surface area contributed by atoms with Crippen LogP contribution in [0.5, 0.6) is 0 Å². The van der Waals surface area contributed by atoms with Crippen LogP contribution in [0.3, 0.4) is 0 Å². The molecule has 3 rings (SSSR count). The van der Waals surface area contributed by atoms with Crippen LogP contribution < -0.4 is 10.6 Å². The molecular formula is C18H16ClF3N2O. The van der Waals surface area contributed by atoms with Crippen LogP contribution in [0.15, 0.2) is 48.5 Å². The van der Waals surface area contributed by atoms with Gasteiger partial charge >= 0.3 is 12.2 Å². The summed E-state index contributed by atoms with van der Waals surface area (Å²) < 4.78 is 37.6. The number of urea groups is 1. The van der Waals surface area contributed by atoms with E-state index in [1.165, 1.54) is 12.1 Å². The third-order valence-electron chi connectivity index (χ3n) is 4.37. The first-order chi connectivity index (χ1) is 11.8. The van der Waals surface area contributed by atoms with Gasteiger partial charge in [0.25, 0.3) is 0 Å². The number of anilines is 1. The molecule has 2 amide bonds. The smallest absolute Gasteiger partial charge is 0.337 e. The normalized spacial score (nSPS) is 15.5. The molecule has 1 fully saturated rings. The molecule has 0 atom stereocenters. The summed E-state index contributed by atoms with van der Waals surface area (Å²) in [4.78, 5) is 12.0. The summed E-state index contributed by atoms with van der Waals surface area (Å²) in [6.07, 6.45) is -2.46. The molecule has 0 unspecified atom stereocenters. The van der Waals surface area contributed by atoms with Gasteiger partial charge in [-0.25, -0.2) is 4.79 Å². The van der Waals surface area contributed by atoms with Crippen LogP contribution in [-0.2, 0) is 11.6 Å². The first kappa shape index (κ1) is 17.6. The molecule has 3 nitrogen and oxygen atoms in total. The summed E-state index contributed by atoms with van der Waals surface area (Å²) >= 11 is 5.89. The molecule has 1 saturated carbocycles. The van der Waals surface area contributed by atoms with E-state index < -0.39 is 17.8 Å². The third-order valence-corrected chi connectivity index (χ3v) is 4.62. The largest absolute Gasteiger partial charge is 0.416 e. The second kappa shape index (κ2) is 6.59. The highest BCUT2D eigenvalue weighted by atomic mass is 35.5. The second-order valence-corrected chi connectivity index (χ2v) is 6.61. The summed E-state index contributed by atoms with van der Waals surface area (Å²) in [5.41, 5.74) is 0.592. The molecular weight excluding hydrogens is 353 g/mol. The lowest BCUT2D eigenvalue weighted by atomic mass is 9.96. The minimum Gasteiger partial charge on any atom is -0.337 e. The van der Waals surface area contributed by atoms with Crippen LogP contribution in [0.1, 0.15) is 24.0 Å². The monoisotopic (exact) mass is 368 g/mol. The van der Waals surface area contributed by atoms with E-state index in [0.29, 0.717) is 17.3 Å². The van der Waals surface area contributed by atoms with Gasteiger partial charge < -0.3 is 10.6 Å². The molecule has 0 aliphatic heterocycles. The predicted octanol–water partition coefficient (Wildman–Crippen LogP) is 5.21. The van der Waals surface area contributed by atoms with E-state index in [1.54, 1.807) is 0 Å². The van der Waals surface area contributed by atoms with E-state index in [9.17, 15) is 18.0 Å². The van der Waals surface area contributed by atoms with Crippen molar-refractivity contribution in [3.63, 3.8) is 0 Å². The Balaban J connectivity index is 1.55. The average Bonchev–Trinajstić information content (AvgIpc) is 3.34. The maximum Gasteiger partial charge on any atom is 0.416 e. The standard InChI is InChI=1S/C18H16ClF3N2O/c19-14-5-1-12(2-6-14)17(9-10-17)11-23-16(25)24-15-7-3-13(4-8-15)18(20,21)22/h1-8H,9-11H2,(H2,23,24,25). The van der Waals surface area contributed by atoms with Crippen molar-refractivity contribution in [1.82, 2.24) is 5.32 Å². The van der Waals surface area contributed by atoms with Crippen molar-refractivity contribution < 1.29 is 18.0 Å². The summed E-state index contributed by atoms with van der Waals surface area (Å²) in [6, 6.07) is 11.4. The number of hydrogen-bond donors (Lipinski definition) is 2. The fourth-order valence-electron chi connectivity index (χ4n) is 2.69. The first-order valence-electron chi connectivity index (χ1n) is 7.77. The lowest BCUT2D eigenvalue weighted by molar-refractivity contribution is -0.137. The maximum atomic E-state index is 12.5. The first-order valence-corrected chi connectivity index (χ1v) is 8.14. The number of hydrogen-bond acceptors (Lipinski definition) is 1. The lowest BCUT2D eigenvalue weighted by Crippen LogP contribution is -2.35. The zero-order valence-electron chi connectivity index (χ0n) is 13.2. The zero-order chi connectivity index (χ0) is 18.1. The Morgan fingerprint density at radius 2 is 1.64 bits per heavy atom. The molecule has 7 heteroatoms. The third kappa shape index (κ3) is 4.25. The Kier molecular flexibility index (Phi) is 4.64. The lowest BCUT2D eigenvalue weighted by Gasteiger charge is -2.17. The highest BCUT2D eigenvalue weighted by Crippen LogP contribution is 2.47. The molecule has 0 heterocycles. The fraction of sp³-hybridized carbons (Fsp3) is 0.278. The Hall–Kier alpha value is -2.21. The molecule has 0 aromatic heterocycles. The number of benzene rings is 2. The van der Waals surface area contributed by atoms with Gasteiger partial charge in [-0.2, -0.15) is 13.2 Å². The fourth-order valence-corrected chi connectivity index (χ4v) is 2.82.